The van der Waals surface area contributed by atoms with Crippen LogP contribution in [0.2, 0.25) is 0 Å². The second-order valence-corrected chi connectivity index (χ2v) is 6.08. The Morgan fingerprint density at radius 2 is 1.90 bits per heavy atom. The summed E-state index contributed by atoms with van der Waals surface area (Å²) in [5.74, 6) is 6.69. The third-order valence-electron chi connectivity index (χ3n) is 4.92. The van der Waals surface area contributed by atoms with Crippen LogP contribution in [0.1, 0.15) is 32.4 Å². The minimum Gasteiger partial charge on any atom is -0.375 e. The van der Waals surface area contributed by atoms with E-state index < -0.39 is 0 Å². The molecule has 3 rings (SSSR count). The second-order valence-electron chi connectivity index (χ2n) is 6.08. The number of rotatable bonds is 3. The maximum absolute atomic E-state index is 5.99. The van der Waals surface area contributed by atoms with E-state index in [9.17, 15) is 0 Å². The Labute approximate surface area is 125 Å². The minimum atomic E-state index is 0.0403. The first-order valence-electron chi connectivity index (χ1n) is 7.57. The molecule has 1 aromatic carbocycles. The third kappa shape index (κ3) is 2.44. The van der Waals surface area contributed by atoms with E-state index in [2.05, 4.69) is 49.4 Å². The number of hydrogen-bond donors (Lipinski definition) is 2. The van der Waals surface area contributed by atoms with Gasteiger partial charge in [-0.3, -0.25) is 16.3 Å². The lowest BCUT2D eigenvalue weighted by Gasteiger charge is -2.29. The highest BCUT2D eigenvalue weighted by Gasteiger charge is 2.42. The predicted octanol–water partition coefficient (Wildman–Crippen LogP) is 2.80. The molecule has 1 saturated heterocycles. The molecule has 112 valence electrons. The molecule has 0 amide bonds. The van der Waals surface area contributed by atoms with Crippen molar-refractivity contribution in [1.29, 1.82) is 0 Å². The van der Waals surface area contributed by atoms with E-state index in [1.165, 1.54) is 5.39 Å². The van der Waals surface area contributed by atoms with Crippen molar-refractivity contribution < 1.29 is 4.74 Å². The molecule has 0 saturated carbocycles. The van der Waals surface area contributed by atoms with Gasteiger partial charge in [-0.1, -0.05) is 31.2 Å². The van der Waals surface area contributed by atoms with Crippen LogP contribution in [0.4, 0.5) is 0 Å². The summed E-state index contributed by atoms with van der Waals surface area (Å²) in [7, 11) is 0. The van der Waals surface area contributed by atoms with Gasteiger partial charge in [0.15, 0.2) is 0 Å². The molecule has 1 aromatic heterocycles. The van der Waals surface area contributed by atoms with Crippen LogP contribution < -0.4 is 11.3 Å². The summed E-state index contributed by atoms with van der Waals surface area (Å²) < 4.78 is 5.99. The summed E-state index contributed by atoms with van der Waals surface area (Å²) in [6.45, 7) is 6.51. The Kier molecular flexibility index (Phi) is 3.93. The maximum atomic E-state index is 5.99. The van der Waals surface area contributed by atoms with Crippen molar-refractivity contribution in [3.63, 3.8) is 0 Å². The van der Waals surface area contributed by atoms with Crippen LogP contribution in [0.5, 0.6) is 0 Å². The van der Waals surface area contributed by atoms with Crippen molar-refractivity contribution in [2.75, 3.05) is 0 Å². The standard InChI is InChI=1S/C17H23N3O/c1-10-11(2)21-12(3)16(10)17(20-18)15-9-19-8-13-6-4-5-7-14(13)15/h4-12,16-17,20H,18H2,1-3H3. The molecule has 4 nitrogen and oxygen atoms in total. The van der Waals surface area contributed by atoms with E-state index in [4.69, 9.17) is 10.6 Å². The van der Waals surface area contributed by atoms with Gasteiger partial charge in [-0.2, -0.15) is 0 Å². The van der Waals surface area contributed by atoms with Crippen LogP contribution in [-0.2, 0) is 4.74 Å². The van der Waals surface area contributed by atoms with Crippen molar-refractivity contribution in [3.05, 3.63) is 42.2 Å². The van der Waals surface area contributed by atoms with Gasteiger partial charge in [0, 0.05) is 23.7 Å². The molecule has 0 spiro atoms. The van der Waals surface area contributed by atoms with Gasteiger partial charge in [0.1, 0.15) is 0 Å². The van der Waals surface area contributed by atoms with Gasteiger partial charge in [-0.15, -0.1) is 0 Å². The highest BCUT2D eigenvalue weighted by atomic mass is 16.5. The minimum absolute atomic E-state index is 0.0403. The van der Waals surface area contributed by atoms with Crippen molar-refractivity contribution in [2.24, 2.45) is 17.7 Å². The molecular formula is C17H23N3O. The summed E-state index contributed by atoms with van der Waals surface area (Å²) in [4.78, 5) is 4.39. The molecule has 5 unspecified atom stereocenters. The van der Waals surface area contributed by atoms with Gasteiger partial charge < -0.3 is 4.74 Å². The van der Waals surface area contributed by atoms with E-state index in [0.29, 0.717) is 11.8 Å². The Morgan fingerprint density at radius 1 is 1.14 bits per heavy atom. The first kappa shape index (κ1) is 14.4. The van der Waals surface area contributed by atoms with Crippen molar-refractivity contribution in [3.8, 4) is 0 Å². The molecule has 1 fully saturated rings. The normalized spacial score (nSPS) is 30.7. The molecule has 2 aromatic rings. The van der Waals surface area contributed by atoms with Crippen molar-refractivity contribution in [1.82, 2.24) is 10.4 Å². The number of fused-ring (bicyclic) bond motifs is 1. The number of aromatic nitrogens is 1. The molecule has 1 aliphatic heterocycles. The maximum Gasteiger partial charge on any atom is 0.0601 e. The Balaban J connectivity index is 2.07. The molecule has 21 heavy (non-hydrogen) atoms. The molecule has 3 N–H and O–H groups in total. The quantitative estimate of drug-likeness (QED) is 0.672. The van der Waals surface area contributed by atoms with E-state index in [-0.39, 0.29) is 18.2 Å². The van der Waals surface area contributed by atoms with Gasteiger partial charge in [-0.25, -0.2) is 0 Å². The zero-order valence-electron chi connectivity index (χ0n) is 12.8. The topological polar surface area (TPSA) is 60.2 Å². The highest BCUT2D eigenvalue weighted by Crippen LogP contribution is 2.41. The zero-order chi connectivity index (χ0) is 15.0. The van der Waals surface area contributed by atoms with Crippen LogP contribution in [0.15, 0.2) is 36.7 Å². The zero-order valence-corrected chi connectivity index (χ0v) is 12.8. The predicted molar refractivity (Wildman–Crippen MR) is 84.5 cm³/mol. The number of benzene rings is 1. The molecule has 1 aliphatic rings. The second kappa shape index (κ2) is 5.72. The Hall–Kier alpha value is -1.49. The lowest BCUT2D eigenvalue weighted by molar-refractivity contribution is 0.0475. The molecule has 5 atom stereocenters. The van der Waals surface area contributed by atoms with Crippen LogP contribution in [-0.4, -0.2) is 17.2 Å². The monoisotopic (exact) mass is 285 g/mol. The number of nitrogens with two attached hydrogens (primary N) is 1. The lowest BCUT2D eigenvalue weighted by Crippen LogP contribution is -2.38. The summed E-state index contributed by atoms with van der Waals surface area (Å²) in [5.41, 5.74) is 4.16. The fourth-order valence-electron chi connectivity index (χ4n) is 3.66. The van der Waals surface area contributed by atoms with Crippen LogP contribution in [0.25, 0.3) is 10.8 Å². The van der Waals surface area contributed by atoms with Gasteiger partial charge in [-0.05, 0) is 30.7 Å². The average Bonchev–Trinajstić information content (AvgIpc) is 2.75. The van der Waals surface area contributed by atoms with Gasteiger partial charge in [0.25, 0.3) is 0 Å². The van der Waals surface area contributed by atoms with Crippen molar-refractivity contribution in [2.45, 2.75) is 39.0 Å². The number of pyridine rings is 1. The summed E-state index contributed by atoms with van der Waals surface area (Å²) >= 11 is 0. The third-order valence-corrected chi connectivity index (χ3v) is 4.92. The number of hydrazine groups is 1. The molecule has 4 heteroatoms. The number of nitrogens with one attached hydrogen (secondary N) is 1. The van der Waals surface area contributed by atoms with E-state index in [1.807, 2.05) is 18.5 Å². The lowest BCUT2D eigenvalue weighted by atomic mass is 9.80. The van der Waals surface area contributed by atoms with E-state index >= 15 is 0 Å². The Morgan fingerprint density at radius 3 is 2.57 bits per heavy atom. The van der Waals surface area contributed by atoms with Crippen molar-refractivity contribution >= 4 is 10.8 Å². The SMILES string of the molecule is CC1OC(C)C(C(NN)c2cncc3ccccc23)C1C. The first-order chi connectivity index (χ1) is 10.1. The number of nitrogens with zero attached hydrogens (tertiary/aromatic N) is 1. The van der Waals surface area contributed by atoms with Gasteiger partial charge >= 0.3 is 0 Å². The smallest absolute Gasteiger partial charge is 0.0601 e. The first-order valence-corrected chi connectivity index (χ1v) is 7.57. The van der Waals surface area contributed by atoms with Crippen LogP contribution in [0.3, 0.4) is 0 Å². The Bertz CT molecular complexity index is 625. The average molecular weight is 285 g/mol. The summed E-state index contributed by atoms with van der Waals surface area (Å²) in [5, 5.41) is 2.34. The van der Waals surface area contributed by atoms with Gasteiger partial charge in [0.05, 0.1) is 18.2 Å². The highest BCUT2D eigenvalue weighted by molar-refractivity contribution is 5.85. The fourth-order valence-corrected chi connectivity index (χ4v) is 3.66. The molecule has 2 heterocycles. The van der Waals surface area contributed by atoms with Crippen LogP contribution in [0, 0.1) is 11.8 Å². The summed E-state index contributed by atoms with van der Waals surface area (Å²) in [6.07, 6.45) is 4.25. The van der Waals surface area contributed by atoms with E-state index in [1.54, 1.807) is 0 Å². The molecule has 0 radical (unpaired) electrons. The molecule has 0 aliphatic carbocycles. The largest absolute Gasteiger partial charge is 0.375 e. The fraction of sp³-hybridized carbons (Fsp3) is 0.471. The van der Waals surface area contributed by atoms with E-state index in [0.717, 1.165) is 10.9 Å². The molecule has 0 bridgehead atoms. The molecular weight excluding hydrogens is 262 g/mol. The van der Waals surface area contributed by atoms with Gasteiger partial charge in [0.2, 0.25) is 0 Å². The number of ether oxygens (including phenoxy) is 1. The number of hydrogen-bond acceptors (Lipinski definition) is 4. The van der Waals surface area contributed by atoms with Crippen LogP contribution >= 0.6 is 0 Å². The summed E-state index contributed by atoms with van der Waals surface area (Å²) in [6, 6.07) is 8.34.